The highest BCUT2D eigenvalue weighted by Crippen LogP contribution is 2.27. The number of halogens is 4. The van der Waals surface area contributed by atoms with Crippen LogP contribution in [0.3, 0.4) is 0 Å². The van der Waals surface area contributed by atoms with Crippen molar-refractivity contribution in [3.05, 3.63) is 113 Å². The number of rotatable bonds is 7. The lowest BCUT2D eigenvalue weighted by atomic mass is 10.0. The Kier molecular flexibility index (Phi) is 6.16. The van der Waals surface area contributed by atoms with Crippen molar-refractivity contribution in [1.29, 1.82) is 0 Å². The molecular formula is C26H17F4N3O3. The van der Waals surface area contributed by atoms with Crippen molar-refractivity contribution in [2.75, 3.05) is 5.32 Å². The molecule has 0 bridgehead atoms. The van der Waals surface area contributed by atoms with Crippen molar-refractivity contribution in [2.24, 2.45) is 0 Å². The third-order valence-corrected chi connectivity index (χ3v) is 5.42. The molecule has 6 nitrogen and oxygen atoms in total. The van der Waals surface area contributed by atoms with E-state index in [4.69, 9.17) is 9.15 Å². The summed E-state index contributed by atoms with van der Waals surface area (Å²) < 4.78 is 65.9. The van der Waals surface area contributed by atoms with Crippen LogP contribution in [0.2, 0.25) is 0 Å². The van der Waals surface area contributed by atoms with Crippen molar-refractivity contribution in [2.45, 2.75) is 13.2 Å². The zero-order valence-corrected chi connectivity index (χ0v) is 18.5. The Morgan fingerprint density at radius 1 is 0.972 bits per heavy atom. The molecule has 0 saturated heterocycles. The van der Waals surface area contributed by atoms with Gasteiger partial charge in [0.05, 0.1) is 18.4 Å². The second-order valence-corrected chi connectivity index (χ2v) is 7.87. The number of hydrogen-bond donors (Lipinski definition) is 1. The second-order valence-electron chi connectivity index (χ2n) is 7.87. The number of anilines is 1. The number of amides is 1. The van der Waals surface area contributed by atoms with Gasteiger partial charge in [0.1, 0.15) is 12.4 Å². The molecule has 2 aromatic heterocycles. The van der Waals surface area contributed by atoms with Crippen LogP contribution in [-0.2, 0) is 13.2 Å². The van der Waals surface area contributed by atoms with Gasteiger partial charge < -0.3 is 14.5 Å². The van der Waals surface area contributed by atoms with Crippen LogP contribution in [0.15, 0.2) is 77.5 Å². The van der Waals surface area contributed by atoms with Gasteiger partial charge in [-0.25, -0.2) is 8.78 Å². The first kappa shape index (κ1) is 23.2. The largest absolute Gasteiger partial charge is 0.479 e. The Hall–Kier alpha value is -4.60. The van der Waals surface area contributed by atoms with Crippen molar-refractivity contribution >= 4 is 22.4 Å². The van der Waals surface area contributed by atoms with Crippen LogP contribution in [0.25, 0.3) is 10.8 Å². The molecule has 36 heavy (non-hydrogen) atoms. The molecule has 182 valence electrons. The standard InChI is InChI=1S/C26H17F4N3O3/c27-20-10-21(28)24(30)25(23(20)29)35-14-18-8-9-22(36-18)26(34)32-17-11-31-33(13-17)12-16-6-3-5-15-4-1-2-7-19(15)16/h1-11,13H,12,14H2,(H,32,34). The van der Waals surface area contributed by atoms with E-state index in [2.05, 4.69) is 10.4 Å². The highest BCUT2D eigenvalue weighted by Gasteiger charge is 2.21. The lowest BCUT2D eigenvalue weighted by Crippen LogP contribution is -2.10. The van der Waals surface area contributed by atoms with Crippen LogP contribution < -0.4 is 10.1 Å². The van der Waals surface area contributed by atoms with Gasteiger partial charge in [-0.1, -0.05) is 42.5 Å². The molecule has 10 heteroatoms. The number of hydrogen-bond acceptors (Lipinski definition) is 4. The van der Waals surface area contributed by atoms with Crippen LogP contribution in [0.4, 0.5) is 23.2 Å². The zero-order valence-electron chi connectivity index (χ0n) is 18.5. The number of carbonyl (C=O) groups is 1. The van der Waals surface area contributed by atoms with Gasteiger partial charge in [0, 0.05) is 12.3 Å². The van der Waals surface area contributed by atoms with Crippen LogP contribution in [0, 0.1) is 23.3 Å². The molecule has 1 N–H and O–H groups in total. The van der Waals surface area contributed by atoms with Gasteiger partial charge in [0.25, 0.3) is 5.91 Å². The molecule has 0 atom stereocenters. The topological polar surface area (TPSA) is 69.3 Å². The van der Waals surface area contributed by atoms with Crippen LogP contribution in [-0.4, -0.2) is 15.7 Å². The third-order valence-electron chi connectivity index (χ3n) is 5.42. The van der Waals surface area contributed by atoms with Crippen molar-refractivity contribution in [3.8, 4) is 5.75 Å². The predicted octanol–water partition coefficient (Wildman–Crippen LogP) is 6.07. The predicted molar refractivity (Wildman–Crippen MR) is 123 cm³/mol. The highest BCUT2D eigenvalue weighted by atomic mass is 19.2. The Bertz CT molecular complexity index is 1550. The average Bonchev–Trinajstić information content (AvgIpc) is 3.53. The number of fused-ring (bicyclic) bond motifs is 1. The molecule has 5 rings (SSSR count). The minimum atomic E-state index is -1.67. The maximum absolute atomic E-state index is 13.7. The second kappa shape index (κ2) is 9.57. The molecule has 3 aromatic carbocycles. The molecule has 0 unspecified atom stereocenters. The SMILES string of the molecule is O=C(Nc1cnn(Cc2cccc3ccccc23)c1)c1ccc(COc2c(F)c(F)cc(F)c2F)o1. The first-order chi connectivity index (χ1) is 17.4. The summed E-state index contributed by atoms with van der Waals surface area (Å²) in [5, 5.41) is 9.14. The van der Waals surface area contributed by atoms with E-state index in [9.17, 15) is 22.4 Å². The van der Waals surface area contributed by atoms with Crippen molar-refractivity contribution < 1.29 is 31.5 Å². The molecule has 0 fully saturated rings. The van der Waals surface area contributed by atoms with E-state index in [0.29, 0.717) is 12.2 Å². The van der Waals surface area contributed by atoms with E-state index in [0.717, 1.165) is 16.3 Å². The van der Waals surface area contributed by atoms with E-state index in [1.807, 2.05) is 42.5 Å². The first-order valence-corrected chi connectivity index (χ1v) is 10.7. The summed E-state index contributed by atoms with van der Waals surface area (Å²) >= 11 is 0. The molecule has 0 saturated carbocycles. The number of nitrogens with zero attached hydrogens (tertiary/aromatic N) is 2. The van der Waals surface area contributed by atoms with Gasteiger partial charge in [-0.2, -0.15) is 13.9 Å². The molecule has 0 aliphatic heterocycles. The molecule has 2 heterocycles. The van der Waals surface area contributed by atoms with E-state index in [-0.39, 0.29) is 17.6 Å². The number of furan rings is 1. The summed E-state index contributed by atoms with van der Waals surface area (Å²) in [5.74, 6) is -8.43. The maximum Gasteiger partial charge on any atom is 0.291 e. The fourth-order valence-electron chi connectivity index (χ4n) is 3.71. The Labute approximate surface area is 201 Å². The summed E-state index contributed by atoms with van der Waals surface area (Å²) in [6.45, 7) is -0.0692. The van der Waals surface area contributed by atoms with Gasteiger partial charge in [0.15, 0.2) is 23.1 Å². The number of benzene rings is 3. The Morgan fingerprint density at radius 2 is 1.72 bits per heavy atom. The summed E-state index contributed by atoms with van der Waals surface area (Å²) in [5.41, 5.74) is 1.49. The first-order valence-electron chi connectivity index (χ1n) is 10.7. The van der Waals surface area contributed by atoms with E-state index in [1.54, 1.807) is 10.9 Å². The van der Waals surface area contributed by atoms with Crippen molar-refractivity contribution in [1.82, 2.24) is 9.78 Å². The van der Waals surface area contributed by atoms with Gasteiger partial charge in [0.2, 0.25) is 11.6 Å². The van der Waals surface area contributed by atoms with E-state index >= 15 is 0 Å². The summed E-state index contributed by atoms with van der Waals surface area (Å²) in [7, 11) is 0. The summed E-state index contributed by atoms with van der Waals surface area (Å²) in [6, 6.07) is 16.7. The van der Waals surface area contributed by atoms with Gasteiger partial charge >= 0.3 is 0 Å². The van der Waals surface area contributed by atoms with Crippen LogP contribution in [0.1, 0.15) is 21.9 Å². The third kappa shape index (κ3) is 4.65. The van der Waals surface area contributed by atoms with Gasteiger partial charge in [-0.15, -0.1) is 0 Å². The van der Waals surface area contributed by atoms with E-state index < -0.39 is 41.5 Å². The smallest absolute Gasteiger partial charge is 0.291 e. The average molecular weight is 495 g/mol. The van der Waals surface area contributed by atoms with E-state index in [1.165, 1.54) is 18.3 Å². The zero-order chi connectivity index (χ0) is 25.2. The fraction of sp³-hybridized carbons (Fsp3) is 0.0769. The van der Waals surface area contributed by atoms with Crippen LogP contribution in [0.5, 0.6) is 5.75 Å². The number of ether oxygens (including phenoxy) is 1. The molecule has 1 amide bonds. The van der Waals surface area contributed by atoms with Gasteiger partial charge in [-0.05, 0) is 28.5 Å². The Morgan fingerprint density at radius 3 is 2.53 bits per heavy atom. The summed E-state index contributed by atoms with van der Waals surface area (Å²) in [6.07, 6.45) is 3.15. The molecule has 5 aromatic rings. The molecule has 0 spiro atoms. The molecule has 0 aliphatic rings. The van der Waals surface area contributed by atoms with Gasteiger partial charge in [-0.3, -0.25) is 9.48 Å². The minimum absolute atomic E-state index is 0.00951. The number of aromatic nitrogens is 2. The number of nitrogens with one attached hydrogen (secondary N) is 1. The Balaban J connectivity index is 1.23. The monoisotopic (exact) mass is 495 g/mol. The maximum atomic E-state index is 13.7. The number of carbonyl (C=O) groups excluding carboxylic acids is 1. The quantitative estimate of drug-likeness (QED) is 0.220. The normalized spacial score (nSPS) is 11.1. The molecular weight excluding hydrogens is 478 g/mol. The molecule has 0 radical (unpaired) electrons. The lowest BCUT2D eigenvalue weighted by Gasteiger charge is -2.08. The fourth-order valence-corrected chi connectivity index (χ4v) is 3.71. The molecule has 0 aliphatic carbocycles. The highest BCUT2D eigenvalue weighted by molar-refractivity contribution is 6.02. The van der Waals surface area contributed by atoms with Crippen LogP contribution >= 0.6 is 0 Å². The minimum Gasteiger partial charge on any atom is -0.479 e. The van der Waals surface area contributed by atoms with Crippen molar-refractivity contribution in [3.63, 3.8) is 0 Å². The lowest BCUT2D eigenvalue weighted by molar-refractivity contribution is 0.0992. The summed E-state index contributed by atoms with van der Waals surface area (Å²) in [4.78, 5) is 12.5.